The van der Waals surface area contributed by atoms with Crippen LogP contribution in [0, 0.1) is 0 Å². The number of benzene rings is 1. The number of carbonyl (C=O) groups excluding carboxylic acids is 2. The van der Waals surface area contributed by atoms with Crippen molar-refractivity contribution in [3.05, 3.63) is 23.3 Å². The van der Waals surface area contributed by atoms with Crippen molar-refractivity contribution in [3.63, 3.8) is 0 Å². The number of fused-ring (bicyclic) bond motifs is 3. The van der Waals surface area contributed by atoms with Crippen LogP contribution < -0.4 is 19.8 Å². The Morgan fingerprint density at radius 1 is 1.33 bits per heavy atom. The number of morpholine rings is 1. The molecule has 3 N–H and O–H groups in total. The van der Waals surface area contributed by atoms with Gasteiger partial charge in [0.2, 0.25) is 5.91 Å². The molecule has 162 valence electrons. The molecule has 1 aromatic carbocycles. The number of hydrogen-bond acceptors (Lipinski definition) is 9. The highest BCUT2D eigenvalue weighted by Gasteiger charge is 2.55. The van der Waals surface area contributed by atoms with Gasteiger partial charge in [-0.25, -0.2) is 0 Å². The number of ether oxygens (including phenoxy) is 2. The van der Waals surface area contributed by atoms with Crippen molar-refractivity contribution in [2.24, 2.45) is 0 Å². The van der Waals surface area contributed by atoms with Crippen LogP contribution in [0.1, 0.15) is 34.7 Å². The Morgan fingerprint density at radius 2 is 2.13 bits per heavy atom. The van der Waals surface area contributed by atoms with Gasteiger partial charge in [-0.05, 0) is 17.5 Å². The maximum absolute atomic E-state index is 12.4. The molecule has 1 amide bonds. The predicted octanol–water partition coefficient (Wildman–Crippen LogP) is -1.81. The van der Waals surface area contributed by atoms with E-state index in [1.54, 1.807) is 17.0 Å². The molecular weight excluding hydrogens is 395 g/mol. The third kappa shape index (κ3) is 3.41. The predicted molar refractivity (Wildman–Crippen MR) is 101 cm³/mol. The molecule has 30 heavy (non-hydrogen) atoms. The van der Waals surface area contributed by atoms with E-state index in [2.05, 4.69) is 5.32 Å². The van der Waals surface area contributed by atoms with E-state index in [-0.39, 0.29) is 47.5 Å². The molecule has 3 fully saturated rings. The van der Waals surface area contributed by atoms with Crippen molar-refractivity contribution in [1.29, 1.82) is 0 Å². The third-order valence-corrected chi connectivity index (χ3v) is 6.34. The van der Waals surface area contributed by atoms with E-state index in [1.807, 2.05) is 0 Å². The van der Waals surface area contributed by atoms with Crippen LogP contribution in [0.5, 0.6) is 11.5 Å². The van der Waals surface area contributed by atoms with Crippen molar-refractivity contribution >= 4 is 18.6 Å². The second kappa shape index (κ2) is 7.12. The zero-order chi connectivity index (χ0) is 21.0. The number of amides is 1. The third-order valence-electron chi connectivity index (χ3n) is 6.34. The number of carbonyl (C=O) groups is 2. The highest BCUT2D eigenvalue weighted by molar-refractivity contribution is 6.62. The van der Waals surface area contributed by atoms with E-state index in [4.69, 9.17) is 14.1 Å². The van der Waals surface area contributed by atoms with Gasteiger partial charge in [0.15, 0.2) is 0 Å². The molecule has 4 aliphatic rings. The summed E-state index contributed by atoms with van der Waals surface area (Å²) in [5.74, 6) is -2.15. The molecule has 3 atom stereocenters. The Kier molecular flexibility index (Phi) is 4.66. The SMILES string of the molecule is O=C([O-])c1c(OC2CN(C(=O)C[C@@H]3CNCCO3)C2)ccc2c1O[B-](O)(O)C1CC21. The van der Waals surface area contributed by atoms with Gasteiger partial charge in [0.05, 0.1) is 49.5 Å². The van der Waals surface area contributed by atoms with Crippen molar-refractivity contribution in [2.75, 3.05) is 32.8 Å². The first-order chi connectivity index (χ1) is 14.3. The lowest BCUT2D eigenvalue weighted by Crippen LogP contribution is -2.57. The van der Waals surface area contributed by atoms with Crippen LogP contribution in [0.25, 0.3) is 0 Å². The summed E-state index contributed by atoms with van der Waals surface area (Å²) in [6.45, 7) is -0.427. The summed E-state index contributed by atoms with van der Waals surface area (Å²) in [5.41, 5.74) is 0.303. The molecule has 2 saturated heterocycles. The number of nitrogens with zero attached hydrogens (tertiary/aromatic N) is 1. The molecule has 3 heterocycles. The second-order valence-electron chi connectivity index (χ2n) is 8.47. The van der Waals surface area contributed by atoms with Crippen molar-refractivity contribution in [3.8, 4) is 11.5 Å². The van der Waals surface area contributed by atoms with E-state index in [9.17, 15) is 24.7 Å². The molecule has 0 radical (unpaired) electrons. The number of rotatable bonds is 5. The van der Waals surface area contributed by atoms with Crippen LogP contribution in [0.4, 0.5) is 0 Å². The second-order valence-corrected chi connectivity index (χ2v) is 8.47. The molecule has 1 aliphatic carbocycles. The average molecular weight is 418 g/mol. The molecule has 10 nitrogen and oxygen atoms in total. The van der Waals surface area contributed by atoms with Crippen LogP contribution in [0.2, 0.25) is 5.82 Å². The first-order valence-electron chi connectivity index (χ1n) is 10.3. The summed E-state index contributed by atoms with van der Waals surface area (Å²) in [4.78, 5) is 25.8. The van der Waals surface area contributed by atoms with E-state index in [0.29, 0.717) is 38.2 Å². The monoisotopic (exact) mass is 418 g/mol. The molecule has 0 bridgehead atoms. The van der Waals surface area contributed by atoms with Crippen molar-refractivity contribution in [1.82, 2.24) is 10.2 Å². The average Bonchev–Trinajstić information content (AvgIpc) is 3.46. The molecule has 2 unspecified atom stereocenters. The number of likely N-dealkylation sites (tertiary alicyclic amines) is 1. The summed E-state index contributed by atoms with van der Waals surface area (Å²) in [6.07, 6.45) is 0.314. The minimum absolute atomic E-state index is 0.0368. The molecule has 1 saturated carbocycles. The fourth-order valence-corrected chi connectivity index (χ4v) is 4.57. The van der Waals surface area contributed by atoms with E-state index in [0.717, 1.165) is 6.54 Å². The van der Waals surface area contributed by atoms with Crippen molar-refractivity contribution in [2.45, 2.75) is 36.8 Å². The van der Waals surface area contributed by atoms with Crippen molar-refractivity contribution < 1.29 is 38.9 Å². The number of hydrogen-bond donors (Lipinski definition) is 3. The van der Waals surface area contributed by atoms with Crippen LogP contribution in [0.3, 0.4) is 0 Å². The standard InChI is InChI=1S/C19H24BN2O8/c23-16(5-10-7-21-3-4-28-10)22-8-11(9-22)29-15-2-1-12-13-6-14(13)20(26,27)30-18(12)17(15)19(24)25/h1-2,10-11,13-14,21,26-27H,3-9H2,(H,24,25)/q-1/p-1/t10-,13?,14?/m1/s1. The van der Waals surface area contributed by atoms with Gasteiger partial charge in [-0.2, -0.15) is 0 Å². The lowest BCUT2D eigenvalue weighted by Gasteiger charge is -2.41. The maximum atomic E-state index is 12.4. The lowest BCUT2D eigenvalue weighted by molar-refractivity contribution is -0.255. The molecular formula is C19H23BN2O8-2. The minimum atomic E-state index is -3.11. The highest BCUT2D eigenvalue weighted by Crippen LogP contribution is 2.63. The Bertz CT molecular complexity index is 882. The highest BCUT2D eigenvalue weighted by atomic mass is 16.6. The molecule has 0 aromatic heterocycles. The van der Waals surface area contributed by atoms with Gasteiger partial charge in [-0.3, -0.25) is 4.79 Å². The van der Waals surface area contributed by atoms with Gasteiger partial charge in [0.25, 0.3) is 0 Å². The molecule has 3 aliphatic heterocycles. The van der Waals surface area contributed by atoms with Gasteiger partial charge >= 0.3 is 6.75 Å². The maximum Gasteiger partial charge on any atom is 0.434 e. The molecule has 0 spiro atoms. The van der Waals surface area contributed by atoms with Gasteiger partial charge in [0, 0.05) is 13.1 Å². The van der Waals surface area contributed by atoms with Gasteiger partial charge < -0.3 is 44.3 Å². The lowest BCUT2D eigenvalue weighted by atomic mass is 9.68. The summed E-state index contributed by atoms with van der Waals surface area (Å²) in [6, 6.07) is 3.24. The van der Waals surface area contributed by atoms with Crippen LogP contribution in [-0.2, 0) is 9.53 Å². The quantitative estimate of drug-likeness (QED) is 0.472. The number of aromatic carboxylic acids is 1. The molecule has 5 rings (SSSR count). The summed E-state index contributed by atoms with van der Waals surface area (Å²) < 4.78 is 16.6. The Balaban J connectivity index is 1.25. The van der Waals surface area contributed by atoms with E-state index >= 15 is 0 Å². The van der Waals surface area contributed by atoms with Crippen LogP contribution in [0.15, 0.2) is 12.1 Å². The summed E-state index contributed by atoms with van der Waals surface area (Å²) >= 11 is 0. The van der Waals surface area contributed by atoms with E-state index < -0.39 is 18.5 Å². The molecule has 11 heteroatoms. The molecule has 1 aromatic rings. The van der Waals surface area contributed by atoms with Gasteiger partial charge in [-0.15, -0.1) is 0 Å². The summed E-state index contributed by atoms with van der Waals surface area (Å²) in [5, 5.41) is 35.1. The minimum Gasteiger partial charge on any atom is -0.669 e. The smallest absolute Gasteiger partial charge is 0.434 e. The largest absolute Gasteiger partial charge is 0.669 e. The fourth-order valence-electron chi connectivity index (χ4n) is 4.57. The normalized spacial score (nSPS) is 29.1. The zero-order valence-electron chi connectivity index (χ0n) is 16.3. The van der Waals surface area contributed by atoms with Crippen LogP contribution in [-0.4, -0.2) is 78.6 Å². The first-order valence-corrected chi connectivity index (χ1v) is 10.3. The van der Waals surface area contributed by atoms with Crippen LogP contribution >= 0.6 is 0 Å². The number of carboxylic acids is 1. The number of carboxylic acid groups (broad SMARTS) is 1. The number of nitrogens with one attached hydrogen (secondary N) is 1. The van der Waals surface area contributed by atoms with Gasteiger partial charge in [-0.1, -0.05) is 18.3 Å². The Labute approximate surface area is 172 Å². The first kappa shape index (κ1) is 19.6. The van der Waals surface area contributed by atoms with E-state index in [1.165, 1.54) is 0 Å². The fraction of sp³-hybridized carbons (Fsp3) is 0.579. The summed E-state index contributed by atoms with van der Waals surface area (Å²) in [7, 11) is 0. The Hall–Kier alpha value is -2.34. The Morgan fingerprint density at radius 3 is 2.83 bits per heavy atom. The van der Waals surface area contributed by atoms with Gasteiger partial charge in [0.1, 0.15) is 11.9 Å². The zero-order valence-corrected chi connectivity index (χ0v) is 16.3. The topological polar surface area (TPSA) is 141 Å².